The molecule has 1 fully saturated rings. The highest BCUT2D eigenvalue weighted by Gasteiger charge is 2.39. The molecular formula is C24H22F3N7O3. The third-order valence-electron chi connectivity index (χ3n) is 6.02. The Balaban J connectivity index is 1.26. The van der Waals surface area contributed by atoms with E-state index in [0.717, 1.165) is 12.3 Å². The Morgan fingerprint density at radius 1 is 1.08 bits per heavy atom. The van der Waals surface area contributed by atoms with Crippen LogP contribution in [0.15, 0.2) is 41.8 Å². The highest BCUT2D eigenvalue weighted by molar-refractivity contribution is 5.92. The van der Waals surface area contributed by atoms with Gasteiger partial charge >= 0.3 is 6.03 Å². The largest absolute Gasteiger partial charge is 0.483 e. The van der Waals surface area contributed by atoms with Gasteiger partial charge in [0.15, 0.2) is 11.6 Å². The van der Waals surface area contributed by atoms with E-state index >= 15 is 0 Å². The minimum absolute atomic E-state index is 0.0654. The van der Waals surface area contributed by atoms with E-state index in [9.17, 15) is 22.8 Å². The lowest BCUT2D eigenvalue weighted by atomic mass is 10.0. The molecule has 2 aliphatic heterocycles. The highest BCUT2D eigenvalue weighted by atomic mass is 19.1. The Labute approximate surface area is 209 Å². The van der Waals surface area contributed by atoms with E-state index < -0.39 is 35.6 Å². The molecule has 3 aromatic rings. The zero-order valence-electron chi connectivity index (χ0n) is 19.9. The molecule has 2 aromatic heterocycles. The van der Waals surface area contributed by atoms with Crippen LogP contribution < -0.4 is 10.1 Å². The molecule has 2 aliphatic rings. The van der Waals surface area contributed by atoms with Gasteiger partial charge in [-0.25, -0.2) is 23.0 Å². The van der Waals surface area contributed by atoms with Crippen molar-refractivity contribution in [2.75, 3.05) is 18.4 Å². The predicted molar refractivity (Wildman–Crippen MR) is 126 cm³/mol. The minimum Gasteiger partial charge on any atom is -0.483 e. The van der Waals surface area contributed by atoms with Gasteiger partial charge < -0.3 is 15.0 Å². The van der Waals surface area contributed by atoms with E-state index in [1.807, 2.05) is 0 Å². The fourth-order valence-corrected chi connectivity index (χ4v) is 4.30. The number of halogens is 3. The average Bonchev–Trinajstić information content (AvgIpc) is 3.43. The molecule has 1 N–H and O–H groups in total. The summed E-state index contributed by atoms with van der Waals surface area (Å²) in [5.74, 6) is -2.51. The van der Waals surface area contributed by atoms with Gasteiger partial charge in [-0.2, -0.15) is 10.2 Å². The monoisotopic (exact) mass is 513 g/mol. The fraction of sp³-hybridized carbons (Fsp3) is 0.292. The molecule has 37 heavy (non-hydrogen) atoms. The number of urea groups is 1. The number of aryl methyl sites for hydroxylation is 1. The first-order chi connectivity index (χ1) is 17.7. The Bertz CT molecular complexity index is 1380. The Hall–Kier alpha value is -4.42. The number of rotatable bonds is 5. The van der Waals surface area contributed by atoms with Crippen LogP contribution in [0, 0.1) is 17.5 Å². The van der Waals surface area contributed by atoms with Gasteiger partial charge in [0.2, 0.25) is 5.91 Å². The second kappa shape index (κ2) is 9.56. The first kappa shape index (κ1) is 24.3. The van der Waals surface area contributed by atoms with Crippen LogP contribution in [0.25, 0.3) is 11.4 Å². The summed E-state index contributed by atoms with van der Waals surface area (Å²) in [6.45, 7) is 1.68. The predicted octanol–water partition coefficient (Wildman–Crippen LogP) is 3.47. The summed E-state index contributed by atoms with van der Waals surface area (Å²) < 4.78 is 49.2. The number of hydrogen-bond donors (Lipinski definition) is 1. The molecule has 10 nitrogen and oxygen atoms in total. The Morgan fingerprint density at radius 2 is 1.81 bits per heavy atom. The molecule has 13 heteroatoms. The van der Waals surface area contributed by atoms with Crippen LogP contribution in [-0.2, 0) is 11.8 Å². The van der Waals surface area contributed by atoms with Gasteiger partial charge in [-0.05, 0) is 17.7 Å². The second-order valence-corrected chi connectivity index (χ2v) is 8.74. The van der Waals surface area contributed by atoms with Gasteiger partial charge in [0.05, 0.1) is 42.9 Å². The molecule has 3 amide bonds. The number of carbonyl (C=O) groups excluding carboxylic acids is 2. The smallest absolute Gasteiger partial charge is 0.341 e. The normalized spacial score (nSPS) is 17.2. The third-order valence-corrected chi connectivity index (χ3v) is 6.02. The van der Waals surface area contributed by atoms with Crippen molar-refractivity contribution < 1.29 is 27.5 Å². The zero-order chi connectivity index (χ0) is 26.3. The molecule has 4 heterocycles. The molecule has 1 aromatic carbocycles. The number of carbonyl (C=O) groups is 2. The molecule has 192 valence electrons. The Morgan fingerprint density at radius 3 is 2.51 bits per heavy atom. The highest BCUT2D eigenvalue weighted by Crippen LogP contribution is 2.33. The van der Waals surface area contributed by atoms with Crippen molar-refractivity contribution in [3.05, 3.63) is 59.7 Å². The molecule has 5 rings (SSSR count). The summed E-state index contributed by atoms with van der Waals surface area (Å²) >= 11 is 0. The molecule has 0 spiro atoms. The Kier molecular flexibility index (Phi) is 6.27. The van der Waals surface area contributed by atoms with Crippen molar-refractivity contribution in [2.24, 2.45) is 12.1 Å². The van der Waals surface area contributed by atoms with Crippen molar-refractivity contribution in [3.63, 3.8) is 0 Å². The number of nitrogens with zero attached hydrogens (tertiary/aromatic N) is 6. The van der Waals surface area contributed by atoms with E-state index in [4.69, 9.17) is 4.74 Å². The fourth-order valence-electron chi connectivity index (χ4n) is 4.30. The molecule has 0 radical (unpaired) electrons. The van der Waals surface area contributed by atoms with Crippen LogP contribution >= 0.6 is 0 Å². The SMILES string of the molecule is CC(=O)Nc1cnn(C)c1-c1cc(OC2CN(C(=O)N3N=CCC3c3cc(F)cc(F)c3)C2)c(F)cn1. The topological polar surface area (TPSA) is 105 Å². The number of nitrogens with one attached hydrogen (secondary N) is 1. The van der Waals surface area contributed by atoms with Crippen LogP contribution in [-0.4, -0.2) is 62.0 Å². The number of aromatic nitrogens is 3. The van der Waals surface area contributed by atoms with Crippen molar-refractivity contribution in [2.45, 2.75) is 25.5 Å². The van der Waals surface area contributed by atoms with Crippen LogP contribution in [0.3, 0.4) is 0 Å². The standard InChI is InChI=1S/C24H22F3N7O3/c1-13(35)31-20-10-30-32(2)23(20)19-8-22(18(27)9-28-19)37-17-11-33(12-17)24(36)34-21(3-4-29-34)14-5-15(25)7-16(26)6-14/h4-10,17,21H,3,11-12H2,1-2H3,(H,31,35). The van der Waals surface area contributed by atoms with E-state index in [2.05, 4.69) is 20.5 Å². The molecule has 1 unspecified atom stereocenters. The molecule has 0 aliphatic carbocycles. The summed E-state index contributed by atoms with van der Waals surface area (Å²) in [7, 11) is 1.66. The van der Waals surface area contributed by atoms with Gasteiger partial charge in [-0.3, -0.25) is 14.5 Å². The van der Waals surface area contributed by atoms with E-state index in [0.29, 0.717) is 29.1 Å². The maximum absolute atomic E-state index is 14.5. The van der Waals surface area contributed by atoms with Gasteiger partial charge in [-0.15, -0.1) is 0 Å². The summed E-state index contributed by atoms with van der Waals surface area (Å²) in [5, 5.41) is 12.0. The average molecular weight is 513 g/mol. The van der Waals surface area contributed by atoms with Gasteiger partial charge in [0.25, 0.3) is 0 Å². The van der Waals surface area contributed by atoms with Gasteiger partial charge in [0, 0.05) is 38.7 Å². The lowest BCUT2D eigenvalue weighted by Gasteiger charge is -2.41. The van der Waals surface area contributed by atoms with E-state index in [1.165, 1.54) is 52.1 Å². The van der Waals surface area contributed by atoms with Crippen molar-refractivity contribution in [1.82, 2.24) is 24.7 Å². The molecule has 1 saturated heterocycles. The van der Waals surface area contributed by atoms with E-state index in [1.54, 1.807) is 7.05 Å². The second-order valence-electron chi connectivity index (χ2n) is 8.74. The number of hydrazone groups is 1. The summed E-state index contributed by atoms with van der Waals surface area (Å²) in [4.78, 5) is 30.0. The third kappa shape index (κ3) is 4.84. The lowest BCUT2D eigenvalue weighted by molar-refractivity contribution is -0.114. The van der Waals surface area contributed by atoms with Crippen molar-refractivity contribution in [1.29, 1.82) is 0 Å². The van der Waals surface area contributed by atoms with Crippen LogP contribution in [0.4, 0.5) is 23.7 Å². The zero-order valence-corrected chi connectivity index (χ0v) is 19.9. The molecule has 1 atom stereocenters. The van der Waals surface area contributed by atoms with Gasteiger partial charge in [0.1, 0.15) is 23.4 Å². The van der Waals surface area contributed by atoms with Crippen LogP contribution in [0.5, 0.6) is 5.75 Å². The summed E-state index contributed by atoms with van der Waals surface area (Å²) in [5.41, 5.74) is 1.53. The maximum Gasteiger partial charge on any atom is 0.341 e. The number of benzene rings is 1. The number of ether oxygens (including phenoxy) is 1. The molecular weight excluding hydrogens is 491 g/mol. The lowest BCUT2D eigenvalue weighted by Crippen LogP contribution is -2.58. The summed E-state index contributed by atoms with van der Waals surface area (Å²) in [6, 6.07) is 3.44. The number of hydrogen-bond acceptors (Lipinski definition) is 6. The van der Waals surface area contributed by atoms with Crippen molar-refractivity contribution >= 4 is 23.8 Å². The number of likely N-dealkylation sites (tertiary alicyclic amines) is 1. The summed E-state index contributed by atoms with van der Waals surface area (Å²) in [6.07, 6.45) is 3.82. The quantitative estimate of drug-likeness (QED) is 0.563. The van der Waals surface area contributed by atoms with Crippen LogP contribution in [0.2, 0.25) is 0 Å². The first-order valence-electron chi connectivity index (χ1n) is 11.4. The number of pyridine rings is 1. The first-order valence-corrected chi connectivity index (χ1v) is 11.4. The maximum atomic E-state index is 14.5. The molecule has 0 bridgehead atoms. The number of anilines is 1. The van der Waals surface area contributed by atoms with Crippen LogP contribution in [0.1, 0.15) is 24.9 Å². The van der Waals surface area contributed by atoms with Gasteiger partial charge in [-0.1, -0.05) is 0 Å². The van der Waals surface area contributed by atoms with E-state index in [-0.39, 0.29) is 24.7 Å². The number of amides is 3. The molecule has 0 saturated carbocycles. The minimum atomic E-state index is -0.735. The van der Waals surface area contributed by atoms with Crippen molar-refractivity contribution in [3.8, 4) is 17.1 Å².